The van der Waals surface area contributed by atoms with Crippen molar-refractivity contribution in [1.29, 1.82) is 0 Å². The van der Waals surface area contributed by atoms with Gasteiger partial charge in [-0.25, -0.2) is 0 Å². The van der Waals surface area contributed by atoms with Gasteiger partial charge in [0, 0.05) is 10.9 Å². The molecule has 96 valence electrons. The van der Waals surface area contributed by atoms with Crippen LogP contribution in [-0.4, -0.2) is 25.2 Å². The van der Waals surface area contributed by atoms with Gasteiger partial charge in [0.1, 0.15) is 5.75 Å². The lowest BCUT2D eigenvalue weighted by Gasteiger charge is -2.13. The number of hydrogen-bond donors (Lipinski definition) is 2. The molecule has 0 radical (unpaired) electrons. The highest BCUT2D eigenvalue weighted by atomic mass is 32.2. The monoisotopic (exact) mass is 268 g/mol. The SMILES string of the molecule is COc1ccc(C(O)S(=O)(=O)O)c2ccccc12. The number of aliphatic hydroxyl groups is 1. The van der Waals surface area contributed by atoms with E-state index in [-0.39, 0.29) is 5.56 Å². The van der Waals surface area contributed by atoms with Crippen molar-refractivity contribution in [2.75, 3.05) is 7.11 Å². The predicted molar refractivity (Wildman–Crippen MR) is 67.0 cm³/mol. The van der Waals surface area contributed by atoms with E-state index in [0.29, 0.717) is 16.5 Å². The van der Waals surface area contributed by atoms with E-state index in [4.69, 9.17) is 9.29 Å². The molecule has 2 aromatic rings. The summed E-state index contributed by atoms with van der Waals surface area (Å²) >= 11 is 0. The molecule has 0 aliphatic rings. The molecule has 0 bridgehead atoms. The molecule has 1 atom stereocenters. The zero-order valence-corrected chi connectivity index (χ0v) is 10.4. The van der Waals surface area contributed by atoms with Crippen LogP contribution in [0.25, 0.3) is 10.8 Å². The Labute approximate surface area is 104 Å². The summed E-state index contributed by atoms with van der Waals surface area (Å²) in [6, 6.07) is 9.85. The number of hydrogen-bond acceptors (Lipinski definition) is 4. The molecule has 2 aromatic carbocycles. The summed E-state index contributed by atoms with van der Waals surface area (Å²) in [5.74, 6) is 0.567. The van der Waals surface area contributed by atoms with Gasteiger partial charge < -0.3 is 9.84 Å². The van der Waals surface area contributed by atoms with Crippen molar-refractivity contribution in [3.05, 3.63) is 42.0 Å². The third kappa shape index (κ3) is 2.17. The van der Waals surface area contributed by atoms with Gasteiger partial charge in [0.05, 0.1) is 7.11 Å². The molecule has 1 unspecified atom stereocenters. The van der Waals surface area contributed by atoms with Crippen LogP contribution in [0.2, 0.25) is 0 Å². The quantitative estimate of drug-likeness (QED) is 0.828. The first-order valence-corrected chi connectivity index (χ1v) is 6.65. The highest BCUT2D eigenvalue weighted by molar-refractivity contribution is 7.85. The van der Waals surface area contributed by atoms with Crippen molar-refractivity contribution in [1.82, 2.24) is 0 Å². The Morgan fingerprint density at radius 3 is 2.28 bits per heavy atom. The van der Waals surface area contributed by atoms with Gasteiger partial charge in [-0.3, -0.25) is 4.55 Å². The fourth-order valence-electron chi connectivity index (χ4n) is 1.85. The molecule has 0 saturated carbocycles. The minimum absolute atomic E-state index is 0.119. The summed E-state index contributed by atoms with van der Waals surface area (Å²) in [6.07, 6.45) is 0. The molecule has 2 rings (SSSR count). The van der Waals surface area contributed by atoms with Crippen molar-refractivity contribution >= 4 is 20.9 Å². The molecule has 0 saturated heterocycles. The van der Waals surface area contributed by atoms with Gasteiger partial charge in [-0.2, -0.15) is 8.42 Å². The molecule has 5 nitrogen and oxygen atoms in total. The molecule has 0 aliphatic heterocycles. The molecular weight excluding hydrogens is 256 g/mol. The van der Waals surface area contributed by atoms with E-state index in [9.17, 15) is 13.5 Å². The third-order valence-electron chi connectivity index (χ3n) is 2.69. The van der Waals surface area contributed by atoms with Crippen molar-refractivity contribution in [2.24, 2.45) is 0 Å². The molecular formula is C12H12O5S. The Hall–Kier alpha value is -1.63. The summed E-state index contributed by atoms with van der Waals surface area (Å²) < 4.78 is 36.1. The number of aliphatic hydroxyl groups excluding tert-OH is 1. The lowest BCUT2D eigenvalue weighted by atomic mass is 10.0. The maximum atomic E-state index is 11.0. The van der Waals surface area contributed by atoms with Gasteiger partial charge in [-0.05, 0) is 11.5 Å². The normalized spacial score (nSPS) is 13.5. The van der Waals surface area contributed by atoms with Crippen LogP contribution in [0.4, 0.5) is 0 Å². The second kappa shape index (κ2) is 4.56. The van der Waals surface area contributed by atoms with Crippen molar-refractivity contribution in [3.8, 4) is 5.75 Å². The Balaban J connectivity index is 2.75. The van der Waals surface area contributed by atoms with Crippen LogP contribution >= 0.6 is 0 Å². The predicted octanol–water partition coefficient (Wildman–Crippen LogP) is 1.73. The summed E-state index contributed by atoms with van der Waals surface area (Å²) in [4.78, 5) is 0. The lowest BCUT2D eigenvalue weighted by Crippen LogP contribution is -2.11. The zero-order valence-electron chi connectivity index (χ0n) is 9.57. The Kier molecular flexibility index (Phi) is 3.25. The Morgan fingerprint density at radius 2 is 1.72 bits per heavy atom. The molecule has 0 aromatic heterocycles. The maximum absolute atomic E-state index is 11.0. The van der Waals surface area contributed by atoms with Crippen LogP contribution in [0.15, 0.2) is 36.4 Å². The van der Waals surface area contributed by atoms with Crippen LogP contribution < -0.4 is 4.74 Å². The highest BCUT2D eigenvalue weighted by Gasteiger charge is 2.24. The number of benzene rings is 2. The van der Waals surface area contributed by atoms with Crippen LogP contribution in [0.5, 0.6) is 5.75 Å². The molecule has 0 heterocycles. The van der Waals surface area contributed by atoms with Gasteiger partial charge in [0.2, 0.25) is 5.44 Å². The van der Waals surface area contributed by atoms with Gasteiger partial charge in [-0.1, -0.05) is 30.3 Å². The van der Waals surface area contributed by atoms with Crippen LogP contribution in [0, 0.1) is 0 Å². The number of methoxy groups -OCH3 is 1. The molecule has 0 amide bonds. The van der Waals surface area contributed by atoms with Crippen LogP contribution in [-0.2, 0) is 10.1 Å². The van der Waals surface area contributed by atoms with Gasteiger partial charge >= 0.3 is 0 Å². The number of ether oxygens (including phenoxy) is 1. The van der Waals surface area contributed by atoms with E-state index in [2.05, 4.69) is 0 Å². The fraction of sp³-hybridized carbons (Fsp3) is 0.167. The summed E-state index contributed by atoms with van der Waals surface area (Å²) in [5, 5.41) is 10.8. The first-order valence-electron chi connectivity index (χ1n) is 5.15. The van der Waals surface area contributed by atoms with E-state index in [0.717, 1.165) is 0 Å². The first kappa shape index (κ1) is 12.8. The summed E-state index contributed by atoms with van der Waals surface area (Å²) in [5.41, 5.74) is -1.85. The summed E-state index contributed by atoms with van der Waals surface area (Å²) in [7, 11) is -3.05. The smallest absolute Gasteiger partial charge is 0.296 e. The van der Waals surface area contributed by atoms with Crippen LogP contribution in [0.3, 0.4) is 0 Å². The molecule has 6 heteroatoms. The maximum Gasteiger partial charge on any atom is 0.296 e. The second-order valence-corrected chi connectivity index (χ2v) is 5.25. The number of rotatable bonds is 3. The minimum Gasteiger partial charge on any atom is -0.496 e. The average Bonchev–Trinajstić information content (AvgIpc) is 2.35. The summed E-state index contributed by atoms with van der Waals surface area (Å²) in [6.45, 7) is 0. The van der Waals surface area contributed by atoms with Gasteiger partial charge in [0.15, 0.2) is 0 Å². The lowest BCUT2D eigenvalue weighted by molar-refractivity contribution is 0.239. The molecule has 18 heavy (non-hydrogen) atoms. The third-order valence-corrected chi connectivity index (χ3v) is 3.50. The minimum atomic E-state index is -4.55. The topological polar surface area (TPSA) is 83.8 Å². The van der Waals surface area contributed by atoms with E-state index < -0.39 is 15.6 Å². The van der Waals surface area contributed by atoms with Crippen molar-refractivity contribution in [3.63, 3.8) is 0 Å². The van der Waals surface area contributed by atoms with E-state index >= 15 is 0 Å². The van der Waals surface area contributed by atoms with Crippen LogP contribution in [0.1, 0.15) is 11.0 Å². The van der Waals surface area contributed by atoms with E-state index in [1.165, 1.54) is 13.2 Å². The van der Waals surface area contributed by atoms with Crippen molar-refractivity contribution < 1.29 is 22.8 Å². The van der Waals surface area contributed by atoms with Gasteiger partial charge in [0.25, 0.3) is 10.1 Å². The van der Waals surface area contributed by atoms with Crippen molar-refractivity contribution in [2.45, 2.75) is 5.44 Å². The first-order chi connectivity index (χ1) is 8.45. The van der Waals surface area contributed by atoms with E-state index in [1.54, 1.807) is 30.3 Å². The average molecular weight is 268 g/mol. The fourth-order valence-corrected chi connectivity index (χ4v) is 2.37. The standard InChI is InChI=1S/C12H12O5S/c1-17-11-7-6-10(12(13)18(14,15)16)8-4-2-3-5-9(8)11/h2-7,12-13H,1H3,(H,14,15,16). The highest BCUT2D eigenvalue weighted by Crippen LogP contribution is 2.32. The second-order valence-electron chi connectivity index (χ2n) is 3.77. The largest absolute Gasteiger partial charge is 0.496 e. The Morgan fingerprint density at radius 1 is 1.11 bits per heavy atom. The Bertz CT molecular complexity index is 678. The molecule has 0 aliphatic carbocycles. The number of fused-ring (bicyclic) bond motifs is 1. The van der Waals surface area contributed by atoms with Gasteiger partial charge in [-0.15, -0.1) is 0 Å². The zero-order chi connectivity index (χ0) is 13.3. The molecule has 0 fully saturated rings. The van der Waals surface area contributed by atoms with E-state index in [1.807, 2.05) is 0 Å². The molecule has 0 spiro atoms. The molecule has 2 N–H and O–H groups in total.